The molecule has 0 aliphatic carbocycles. The summed E-state index contributed by atoms with van der Waals surface area (Å²) in [5, 5.41) is 8.06. The molecule has 5 heteroatoms. The van der Waals surface area contributed by atoms with E-state index in [1.54, 1.807) is 0 Å². The van der Waals surface area contributed by atoms with Gasteiger partial charge in [-0.25, -0.2) is 9.50 Å². The first kappa shape index (κ1) is 18.7. The van der Waals surface area contributed by atoms with Crippen LogP contribution in [0.2, 0.25) is 0 Å². The molecule has 0 saturated heterocycles. The molecule has 0 atom stereocenters. The van der Waals surface area contributed by atoms with Crippen LogP contribution in [0.15, 0.2) is 67.4 Å². The van der Waals surface area contributed by atoms with Gasteiger partial charge in [-0.15, -0.1) is 0 Å². The van der Waals surface area contributed by atoms with Crippen molar-refractivity contribution in [1.82, 2.24) is 14.6 Å². The van der Waals surface area contributed by atoms with Crippen LogP contribution in [0, 0.1) is 13.8 Å². The largest absolute Gasteiger partial charge is 0.494 e. The summed E-state index contributed by atoms with van der Waals surface area (Å²) in [4.78, 5) is 4.46. The van der Waals surface area contributed by atoms with Gasteiger partial charge in [0.25, 0.3) is 0 Å². The van der Waals surface area contributed by atoms with E-state index in [0.717, 1.165) is 34.0 Å². The van der Waals surface area contributed by atoms with E-state index in [0.29, 0.717) is 12.3 Å². The lowest BCUT2D eigenvalue weighted by molar-refractivity contribution is 0.340. The highest BCUT2D eigenvalue weighted by molar-refractivity contribution is 5.76. The number of nitrogens with zero attached hydrogens (tertiary/aromatic N) is 3. The van der Waals surface area contributed by atoms with Gasteiger partial charge in [-0.05, 0) is 68.3 Å². The predicted molar refractivity (Wildman–Crippen MR) is 118 cm³/mol. The Morgan fingerprint density at radius 1 is 1.03 bits per heavy atom. The third-order valence-electron chi connectivity index (χ3n) is 4.93. The zero-order valence-corrected chi connectivity index (χ0v) is 16.9. The third kappa shape index (κ3) is 3.85. The molecule has 0 spiro atoms. The SMILES string of the molecule is C=C(Nc1ccc(OCC)cc1)c1cc2nccc(-c3ccc(C)c(C)c3)n2n1. The molecule has 0 unspecified atom stereocenters. The Kier molecular flexibility index (Phi) is 5.04. The average Bonchev–Trinajstić information content (AvgIpc) is 3.16. The molecule has 0 saturated carbocycles. The van der Waals surface area contributed by atoms with E-state index < -0.39 is 0 Å². The Balaban J connectivity index is 1.63. The molecule has 4 aromatic rings. The number of aromatic nitrogens is 3. The van der Waals surface area contributed by atoms with Gasteiger partial charge in [0.05, 0.1) is 18.0 Å². The standard InChI is InChI=1S/C24H24N4O/c1-5-29-21-10-8-20(9-11-21)26-18(4)22-15-24-25-13-12-23(28(24)27-22)19-7-6-16(2)17(3)14-19/h6-15,26H,4-5H2,1-3H3. The topological polar surface area (TPSA) is 51.5 Å². The fourth-order valence-corrected chi connectivity index (χ4v) is 3.20. The maximum absolute atomic E-state index is 5.49. The van der Waals surface area contributed by atoms with Gasteiger partial charge in [-0.3, -0.25) is 0 Å². The van der Waals surface area contributed by atoms with Crippen LogP contribution in [0.25, 0.3) is 22.6 Å². The monoisotopic (exact) mass is 384 g/mol. The van der Waals surface area contributed by atoms with E-state index in [4.69, 9.17) is 9.84 Å². The number of rotatable bonds is 6. The Bertz CT molecular complexity index is 1180. The van der Waals surface area contributed by atoms with E-state index in [1.165, 1.54) is 11.1 Å². The molecule has 2 aromatic carbocycles. The fourth-order valence-electron chi connectivity index (χ4n) is 3.20. The Morgan fingerprint density at radius 3 is 2.55 bits per heavy atom. The number of fused-ring (bicyclic) bond motifs is 1. The first-order chi connectivity index (χ1) is 14.0. The maximum atomic E-state index is 5.49. The van der Waals surface area contributed by atoms with Crippen LogP contribution in [0.3, 0.4) is 0 Å². The summed E-state index contributed by atoms with van der Waals surface area (Å²) in [6.45, 7) is 11.0. The first-order valence-electron chi connectivity index (χ1n) is 9.66. The van der Waals surface area contributed by atoms with E-state index in [2.05, 4.69) is 48.9 Å². The van der Waals surface area contributed by atoms with Crippen LogP contribution in [0.4, 0.5) is 5.69 Å². The molecule has 2 heterocycles. The number of aryl methyl sites for hydroxylation is 2. The highest BCUT2D eigenvalue weighted by Gasteiger charge is 2.11. The number of hydrogen-bond donors (Lipinski definition) is 1. The van der Waals surface area contributed by atoms with Crippen molar-refractivity contribution in [2.75, 3.05) is 11.9 Å². The molecule has 146 valence electrons. The third-order valence-corrected chi connectivity index (χ3v) is 4.93. The molecule has 2 aromatic heterocycles. The summed E-state index contributed by atoms with van der Waals surface area (Å²) in [7, 11) is 0. The molecule has 0 aliphatic heterocycles. The maximum Gasteiger partial charge on any atom is 0.156 e. The lowest BCUT2D eigenvalue weighted by Crippen LogP contribution is -2.00. The number of anilines is 1. The molecular formula is C24H24N4O. The van der Waals surface area contributed by atoms with Crippen LogP contribution in [0.5, 0.6) is 5.75 Å². The summed E-state index contributed by atoms with van der Waals surface area (Å²) in [6.07, 6.45) is 1.81. The minimum atomic E-state index is 0.649. The highest BCUT2D eigenvalue weighted by Crippen LogP contribution is 2.25. The second-order valence-electron chi connectivity index (χ2n) is 6.99. The summed E-state index contributed by atoms with van der Waals surface area (Å²) < 4.78 is 7.35. The smallest absolute Gasteiger partial charge is 0.156 e. The van der Waals surface area contributed by atoms with Crippen molar-refractivity contribution >= 4 is 17.0 Å². The van der Waals surface area contributed by atoms with Crippen molar-refractivity contribution in [3.63, 3.8) is 0 Å². The molecule has 0 aliphatic rings. The summed E-state index contributed by atoms with van der Waals surface area (Å²) >= 11 is 0. The highest BCUT2D eigenvalue weighted by atomic mass is 16.5. The summed E-state index contributed by atoms with van der Waals surface area (Å²) in [6, 6.07) is 18.1. The van der Waals surface area contributed by atoms with Crippen LogP contribution >= 0.6 is 0 Å². The van der Waals surface area contributed by atoms with Gasteiger partial charge in [0.1, 0.15) is 11.4 Å². The number of benzene rings is 2. The number of hydrogen-bond acceptors (Lipinski definition) is 4. The van der Waals surface area contributed by atoms with E-state index in [9.17, 15) is 0 Å². The van der Waals surface area contributed by atoms with Crippen molar-refractivity contribution in [2.45, 2.75) is 20.8 Å². The van der Waals surface area contributed by atoms with Gasteiger partial charge in [0.15, 0.2) is 5.65 Å². The molecule has 0 amide bonds. The normalized spacial score (nSPS) is 10.9. The predicted octanol–water partition coefficient (Wildman–Crippen LogP) is 5.49. The molecule has 0 fully saturated rings. The molecular weight excluding hydrogens is 360 g/mol. The second-order valence-corrected chi connectivity index (χ2v) is 6.99. The van der Waals surface area contributed by atoms with Crippen molar-refractivity contribution in [3.05, 3.63) is 84.2 Å². The molecule has 29 heavy (non-hydrogen) atoms. The minimum absolute atomic E-state index is 0.649. The molecule has 5 nitrogen and oxygen atoms in total. The van der Waals surface area contributed by atoms with Gasteiger partial charge in [-0.1, -0.05) is 18.7 Å². The number of nitrogens with one attached hydrogen (secondary N) is 1. The van der Waals surface area contributed by atoms with E-state index >= 15 is 0 Å². The first-order valence-corrected chi connectivity index (χ1v) is 9.66. The van der Waals surface area contributed by atoms with Crippen LogP contribution in [0.1, 0.15) is 23.7 Å². The van der Waals surface area contributed by atoms with Crippen LogP contribution in [-0.2, 0) is 0 Å². The van der Waals surface area contributed by atoms with Crippen LogP contribution < -0.4 is 10.1 Å². The minimum Gasteiger partial charge on any atom is -0.494 e. The van der Waals surface area contributed by atoms with Gasteiger partial charge in [0.2, 0.25) is 0 Å². The van der Waals surface area contributed by atoms with E-state index in [-0.39, 0.29) is 0 Å². The van der Waals surface area contributed by atoms with Crippen molar-refractivity contribution in [1.29, 1.82) is 0 Å². The molecule has 1 N–H and O–H groups in total. The van der Waals surface area contributed by atoms with Gasteiger partial charge >= 0.3 is 0 Å². The second kappa shape index (κ2) is 7.80. The lowest BCUT2D eigenvalue weighted by Gasteiger charge is -2.09. The quantitative estimate of drug-likeness (QED) is 0.477. The number of ether oxygens (including phenoxy) is 1. The Hall–Kier alpha value is -3.60. The van der Waals surface area contributed by atoms with Crippen LogP contribution in [-0.4, -0.2) is 21.2 Å². The summed E-state index contributed by atoms with van der Waals surface area (Å²) in [5.41, 5.74) is 7.81. The average molecular weight is 384 g/mol. The van der Waals surface area contributed by atoms with Crippen molar-refractivity contribution in [3.8, 4) is 17.0 Å². The zero-order chi connectivity index (χ0) is 20.4. The van der Waals surface area contributed by atoms with Gasteiger partial charge in [0, 0.05) is 23.5 Å². The van der Waals surface area contributed by atoms with Crippen molar-refractivity contribution < 1.29 is 4.74 Å². The summed E-state index contributed by atoms with van der Waals surface area (Å²) in [5.74, 6) is 0.846. The van der Waals surface area contributed by atoms with E-state index in [1.807, 2.05) is 54.0 Å². The Labute approximate surface area is 170 Å². The van der Waals surface area contributed by atoms with Gasteiger partial charge < -0.3 is 10.1 Å². The molecule has 0 bridgehead atoms. The van der Waals surface area contributed by atoms with Gasteiger partial charge in [-0.2, -0.15) is 5.10 Å². The molecule has 0 radical (unpaired) electrons. The fraction of sp³-hybridized carbons (Fsp3) is 0.167. The lowest BCUT2D eigenvalue weighted by atomic mass is 10.0. The zero-order valence-electron chi connectivity index (χ0n) is 16.9. The molecule has 4 rings (SSSR count). The Morgan fingerprint density at radius 2 is 1.83 bits per heavy atom. The van der Waals surface area contributed by atoms with Crippen molar-refractivity contribution in [2.24, 2.45) is 0 Å².